The topological polar surface area (TPSA) is 29.5 Å². The molecule has 2 aliphatic rings. The van der Waals surface area contributed by atoms with E-state index in [9.17, 15) is 4.79 Å². The van der Waals surface area contributed by atoms with Gasteiger partial charge in [-0.05, 0) is 49.9 Å². The molecule has 0 bridgehead atoms. The normalized spacial score (nSPS) is 29.1. The van der Waals surface area contributed by atoms with E-state index in [-0.39, 0.29) is 18.1 Å². The zero-order valence-electron chi connectivity index (χ0n) is 15.9. The molecule has 4 atom stereocenters. The number of likely N-dealkylation sites (tertiary alicyclic amines) is 1. The van der Waals surface area contributed by atoms with Crippen molar-refractivity contribution in [2.24, 2.45) is 17.8 Å². The van der Waals surface area contributed by atoms with E-state index < -0.39 is 0 Å². The Morgan fingerprint density at radius 3 is 2.71 bits per heavy atom. The molecular formula is C20H35NO2S. The van der Waals surface area contributed by atoms with E-state index in [0.717, 1.165) is 43.6 Å². The summed E-state index contributed by atoms with van der Waals surface area (Å²) in [4.78, 5) is 16.0. The number of rotatable bonds is 7. The lowest BCUT2D eigenvalue weighted by atomic mass is 9.75. The summed E-state index contributed by atoms with van der Waals surface area (Å²) >= 11 is 5.49. The molecule has 1 aliphatic heterocycles. The Morgan fingerprint density at radius 2 is 2.12 bits per heavy atom. The Hall–Kier alpha value is -0.640. The first-order valence-electron chi connectivity index (χ1n) is 9.91. The third-order valence-electron chi connectivity index (χ3n) is 5.82. The van der Waals surface area contributed by atoms with Gasteiger partial charge in [0.25, 0.3) is 0 Å². The van der Waals surface area contributed by atoms with E-state index in [1.807, 2.05) is 0 Å². The quantitative estimate of drug-likeness (QED) is 0.477. The van der Waals surface area contributed by atoms with Gasteiger partial charge in [-0.25, -0.2) is 0 Å². The van der Waals surface area contributed by atoms with Gasteiger partial charge in [-0.2, -0.15) is 0 Å². The highest BCUT2D eigenvalue weighted by atomic mass is 32.1. The lowest BCUT2D eigenvalue weighted by Gasteiger charge is -2.37. The molecule has 1 aliphatic carbocycles. The zero-order chi connectivity index (χ0) is 17.7. The van der Waals surface area contributed by atoms with Crippen molar-refractivity contribution in [3.63, 3.8) is 0 Å². The molecule has 0 amide bonds. The van der Waals surface area contributed by atoms with Gasteiger partial charge in [-0.3, -0.25) is 4.79 Å². The second-order valence-electron chi connectivity index (χ2n) is 8.19. The molecule has 3 nitrogen and oxygen atoms in total. The summed E-state index contributed by atoms with van der Waals surface area (Å²) < 4.78 is 6.00. The smallest absolute Gasteiger partial charge is 0.308 e. The minimum Gasteiger partial charge on any atom is -0.462 e. The summed E-state index contributed by atoms with van der Waals surface area (Å²) in [6.45, 7) is 9.97. The van der Waals surface area contributed by atoms with Crippen LogP contribution < -0.4 is 0 Å². The summed E-state index contributed by atoms with van der Waals surface area (Å²) in [6, 6.07) is 0.232. The van der Waals surface area contributed by atoms with E-state index >= 15 is 0 Å². The summed E-state index contributed by atoms with van der Waals surface area (Å²) in [5.74, 6) is 1.74. The van der Waals surface area contributed by atoms with Crippen LogP contribution in [0.5, 0.6) is 0 Å². The van der Waals surface area contributed by atoms with Crippen LogP contribution in [0.25, 0.3) is 0 Å². The van der Waals surface area contributed by atoms with Gasteiger partial charge in [0.1, 0.15) is 6.10 Å². The fourth-order valence-electron chi connectivity index (χ4n) is 4.42. The molecule has 0 aromatic carbocycles. The maximum atomic E-state index is 12.6. The second-order valence-corrected chi connectivity index (χ2v) is 8.66. The predicted molar refractivity (Wildman–Crippen MR) is 103 cm³/mol. The van der Waals surface area contributed by atoms with Crippen LogP contribution >= 0.6 is 12.2 Å². The number of esters is 1. The van der Waals surface area contributed by atoms with E-state index in [4.69, 9.17) is 17.0 Å². The third-order valence-corrected chi connectivity index (χ3v) is 6.26. The lowest BCUT2D eigenvalue weighted by Crippen LogP contribution is -2.40. The molecule has 0 unspecified atom stereocenters. The number of carbonyl (C=O) groups is 1. The average Bonchev–Trinajstić information content (AvgIpc) is 2.92. The molecule has 0 aromatic rings. The molecule has 24 heavy (non-hydrogen) atoms. The van der Waals surface area contributed by atoms with Crippen molar-refractivity contribution in [1.82, 2.24) is 4.90 Å². The van der Waals surface area contributed by atoms with Crippen molar-refractivity contribution in [3.8, 4) is 0 Å². The highest BCUT2D eigenvalue weighted by molar-refractivity contribution is 7.80. The van der Waals surface area contributed by atoms with Crippen LogP contribution in [0.2, 0.25) is 0 Å². The third kappa shape index (κ3) is 5.18. The van der Waals surface area contributed by atoms with Crippen molar-refractivity contribution in [2.45, 2.75) is 91.2 Å². The summed E-state index contributed by atoms with van der Waals surface area (Å²) in [7, 11) is 0. The van der Waals surface area contributed by atoms with Gasteiger partial charge in [0.2, 0.25) is 0 Å². The molecular weight excluding hydrogens is 318 g/mol. The average molecular weight is 354 g/mol. The van der Waals surface area contributed by atoms with Crippen molar-refractivity contribution < 1.29 is 9.53 Å². The van der Waals surface area contributed by atoms with Crippen LogP contribution in [-0.2, 0) is 9.53 Å². The van der Waals surface area contributed by atoms with Gasteiger partial charge >= 0.3 is 5.97 Å². The Morgan fingerprint density at radius 1 is 1.38 bits per heavy atom. The molecule has 4 heteroatoms. The fourth-order valence-corrected chi connectivity index (χ4v) is 4.80. The lowest BCUT2D eigenvalue weighted by molar-refractivity contribution is -0.157. The summed E-state index contributed by atoms with van der Waals surface area (Å²) in [5, 5.41) is 0. The SMILES string of the molecule is CCC[C@@H](CC(=O)O[C@H]1C[C@@H](C)CC[C@@H]1C(C)C)N1CCCC1=S. The van der Waals surface area contributed by atoms with Gasteiger partial charge in [-0.1, -0.05) is 52.8 Å². The molecule has 2 rings (SSSR count). The van der Waals surface area contributed by atoms with Crippen LogP contribution in [0.1, 0.15) is 79.1 Å². The van der Waals surface area contributed by atoms with Gasteiger partial charge in [-0.15, -0.1) is 0 Å². The van der Waals surface area contributed by atoms with Crippen molar-refractivity contribution in [1.29, 1.82) is 0 Å². The molecule has 2 fully saturated rings. The molecule has 138 valence electrons. The monoisotopic (exact) mass is 353 g/mol. The second kappa shape index (κ2) is 9.17. The van der Waals surface area contributed by atoms with Crippen molar-refractivity contribution in [3.05, 3.63) is 0 Å². The van der Waals surface area contributed by atoms with Crippen LogP contribution in [0.3, 0.4) is 0 Å². The highest BCUT2D eigenvalue weighted by Crippen LogP contribution is 2.35. The van der Waals surface area contributed by atoms with Crippen LogP contribution in [0, 0.1) is 17.8 Å². The Labute approximate surface area is 153 Å². The maximum Gasteiger partial charge on any atom is 0.308 e. The predicted octanol–water partition coefficient (Wildman–Crippen LogP) is 4.97. The number of hydrogen-bond donors (Lipinski definition) is 0. The largest absolute Gasteiger partial charge is 0.462 e. The zero-order valence-corrected chi connectivity index (χ0v) is 16.7. The summed E-state index contributed by atoms with van der Waals surface area (Å²) in [6.07, 6.45) is 8.29. The number of carbonyl (C=O) groups excluding carboxylic acids is 1. The van der Waals surface area contributed by atoms with Crippen LogP contribution in [-0.4, -0.2) is 34.5 Å². The molecule has 0 aromatic heterocycles. The van der Waals surface area contributed by atoms with E-state index in [1.54, 1.807) is 0 Å². The van der Waals surface area contributed by atoms with Crippen molar-refractivity contribution in [2.75, 3.05) is 6.54 Å². The van der Waals surface area contributed by atoms with Gasteiger partial charge in [0, 0.05) is 12.6 Å². The molecule has 1 heterocycles. The first-order valence-corrected chi connectivity index (χ1v) is 10.3. The van der Waals surface area contributed by atoms with Gasteiger partial charge < -0.3 is 9.64 Å². The molecule has 1 saturated heterocycles. The molecule has 0 spiro atoms. The summed E-state index contributed by atoms with van der Waals surface area (Å²) in [5.41, 5.74) is 0. The highest BCUT2D eigenvalue weighted by Gasteiger charge is 2.34. The number of nitrogens with zero attached hydrogens (tertiary/aromatic N) is 1. The first-order chi connectivity index (χ1) is 11.4. The van der Waals surface area contributed by atoms with Crippen molar-refractivity contribution >= 4 is 23.2 Å². The molecule has 0 N–H and O–H groups in total. The maximum absolute atomic E-state index is 12.6. The van der Waals surface area contributed by atoms with Gasteiger partial charge in [0.05, 0.1) is 11.4 Å². The minimum atomic E-state index is -0.0205. The van der Waals surface area contributed by atoms with E-state index in [1.165, 1.54) is 12.8 Å². The Bertz CT molecular complexity index is 437. The number of hydrogen-bond acceptors (Lipinski definition) is 3. The van der Waals surface area contributed by atoms with E-state index in [0.29, 0.717) is 24.2 Å². The fraction of sp³-hybridized carbons (Fsp3) is 0.900. The molecule has 0 radical (unpaired) electrons. The molecule has 1 saturated carbocycles. The standard InChI is InChI=1S/C20H35NO2S/c1-5-7-16(21-11-6-8-19(21)24)13-20(22)23-18-12-15(4)9-10-17(18)14(2)3/h14-18H,5-13H2,1-4H3/t15-,16-,17+,18-/m0/s1. The van der Waals surface area contributed by atoms with E-state index in [2.05, 4.69) is 32.6 Å². The van der Waals surface area contributed by atoms with Crippen LogP contribution in [0.15, 0.2) is 0 Å². The minimum absolute atomic E-state index is 0.0205. The first kappa shape index (κ1) is 19.7. The number of thiocarbonyl (C=S) groups is 1. The Balaban J connectivity index is 1.94. The van der Waals surface area contributed by atoms with Crippen LogP contribution in [0.4, 0.5) is 0 Å². The number of ether oxygens (including phenoxy) is 1. The van der Waals surface area contributed by atoms with Gasteiger partial charge in [0.15, 0.2) is 0 Å². The Kier molecular flexibility index (Phi) is 7.52.